The number of hydrogen-bond donors (Lipinski definition) is 0. The average Bonchev–Trinajstić information content (AvgIpc) is 2.60. The Balaban J connectivity index is 2.43. The van der Waals surface area contributed by atoms with Crippen molar-refractivity contribution in [3.63, 3.8) is 0 Å². The first-order valence-electron chi connectivity index (χ1n) is 8.37. The molecule has 0 radical (unpaired) electrons. The minimum absolute atomic E-state index is 0.479. The van der Waals surface area contributed by atoms with E-state index in [9.17, 15) is 5.26 Å². The number of hydrogen-bond acceptors (Lipinski definition) is 3. The molecule has 0 unspecified atom stereocenters. The molecule has 0 aliphatic rings. The third-order valence-electron chi connectivity index (χ3n) is 3.58. The van der Waals surface area contributed by atoms with Gasteiger partial charge in [0.25, 0.3) is 0 Å². The van der Waals surface area contributed by atoms with Crippen LogP contribution in [0.5, 0.6) is 11.5 Å². The topological polar surface area (TPSA) is 42.2 Å². The number of rotatable bonds is 7. The summed E-state index contributed by atoms with van der Waals surface area (Å²) >= 11 is 6.38. The van der Waals surface area contributed by atoms with E-state index in [4.69, 9.17) is 21.1 Å². The van der Waals surface area contributed by atoms with Gasteiger partial charge in [0.1, 0.15) is 0 Å². The SMILES string of the molecule is CCCOc1c(Cl)cc(/C=C(\C#N)c2ccc(C)cc2)cc1OCC. The van der Waals surface area contributed by atoms with Crippen molar-refractivity contribution in [3.8, 4) is 17.6 Å². The molecule has 0 spiro atoms. The first-order chi connectivity index (χ1) is 12.1. The van der Waals surface area contributed by atoms with E-state index >= 15 is 0 Å². The summed E-state index contributed by atoms with van der Waals surface area (Å²) < 4.78 is 11.4. The summed E-state index contributed by atoms with van der Waals surface area (Å²) in [5.41, 5.74) is 3.39. The van der Waals surface area contributed by atoms with Crippen LogP contribution in [0.2, 0.25) is 5.02 Å². The molecule has 3 nitrogen and oxygen atoms in total. The number of nitrogens with zero attached hydrogens (tertiary/aromatic N) is 1. The van der Waals surface area contributed by atoms with Gasteiger partial charge in [-0.2, -0.15) is 5.26 Å². The van der Waals surface area contributed by atoms with Crippen LogP contribution in [0.4, 0.5) is 0 Å². The van der Waals surface area contributed by atoms with Crippen LogP contribution in [0.15, 0.2) is 36.4 Å². The molecule has 0 heterocycles. The summed E-state index contributed by atoms with van der Waals surface area (Å²) in [5.74, 6) is 1.15. The second-order valence-corrected chi connectivity index (χ2v) is 6.05. The van der Waals surface area contributed by atoms with Gasteiger partial charge < -0.3 is 9.47 Å². The van der Waals surface area contributed by atoms with E-state index in [0.29, 0.717) is 35.3 Å². The van der Waals surface area contributed by atoms with Gasteiger partial charge in [0.05, 0.1) is 29.9 Å². The van der Waals surface area contributed by atoms with E-state index in [2.05, 4.69) is 6.07 Å². The first kappa shape index (κ1) is 18.9. The molecule has 4 heteroatoms. The van der Waals surface area contributed by atoms with Crippen LogP contribution in [0.3, 0.4) is 0 Å². The van der Waals surface area contributed by atoms with E-state index in [1.165, 1.54) is 0 Å². The van der Waals surface area contributed by atoms with Crippen LogP contribution < -0.4 is 9.47 Å². The Morgan fingerprint density at radius 2 is 1.88 bits per heavy atom. The molecule has 25 heavy (non-hydrogen) atoms. The second-order valence-electron chi connectivity index (χ2n) is 5.65. The zero-order chi connectivity index (χ0) is 18.2. The lowest BCUT2D eigenvalue weighted by Crippen LogP contribution is -2.01. The van der Waals surface area contributed by atoms with Gasteiger partial charge in [-0.1, -0.05) is 48.4 Å². The number of allylic oxidation sites excluding steroid dienone is 1. The van der Waals surface area contributed by atoms with Crippen LogP contribution in [0, 0.1) is 18.3 Å². The molecule has 0 saturated heterocycles. The summed E-state index contributed by atoms with van der Waals surface area (Å²) in [6.07, 6.45) is 2.69. The van der Waals surface area contributed by atoms with Crippen molar-refractivity contribution in [2.24, 2.45) is 0 Å². The average molecular weight is 356 g/mol. The van der Waals surface area contributed by atoms with Gasteiger partial charge in [-0.25, -0.2) is 0 Å². The molecule has 0 amide bonds. The minimum Gasteiger partial charge on any atom is -0.490 e. The number of halogens is 1. The van der Waals surface area contributed by atoms with Gasteiger partial charge in [0.2, 0.25) is 0 Å². The molecule has 0 bridgehead atoms. The summed E-state index contributed by atoms with van der Waals surface area (Å²) in [6.45, 7) is 7.04. The predicted molar refractivity (Wildman–Crippen MR) is 103 cm³/mol. The van der Waals surface area contributed by atoms with Gasteiger partial charge >= 0.3 is 0 Å². The van der Waals surface area contributed by atoms with Gasteiger partial charge in [0.15, 0.2) is 11.5 Å². The van der Waals surface area contributed by atoms with Crippen molar-refractivity contribution in [2.45, 2.75) is 27.2 Å². The van der Waals surface area contributed by atoms with Crippen molar-refractivity contribution >= 4 is 23.3 Å². The Hall–Kier alpha value is -2.44. The molecule has 0 saturated carbocycles. The normalized spacial score (nSPS) is 11.1. The highest BCUT2D eigenvalue weighted by atomic mass is 35.5. The van der Waals surface area contributed by atoms with E-state index in [1.807, 2.05) is 57.2 Å². The zero-order valence-electron chi connectivity index (χ0n) is 14.8. The van der Waals surface area contributed by atoms with E-state index in [1.54, 1.807) is 6.07 Å². The van der Waals surface area contributed by atoms with Gasteiger partial charge in [0, 0.05) is 0 Å². The van der Waals surface area contributed by atoms with Crippen LogP contribution in [0.25, 0.3) is 11.6 Å². The van der Waals surface area contributed by atoms with Crippen LogP contribution in [-0.2, 0) is 0 Å². The molecule has 0 N–H and O–H groups in total. The maximum Gasteiger partial charge on any atom is 0.179 e. The Kier molecular flexibility index (Phi) is 6.91. The maximum absolute atomic E-state index is 9.52. The molecule has 130 valence electrons. The fourth-order valence-corrected chi connectivity index (χ4v) is 2.63. The number of ether oxygens (including phenoxy) is 2. The molecule has 2 rings (SSSR count). The lowest BCUT2D eigenvalue weighted by atomic mass is 10.0. The molecule has 0 atom stereocenters. The highest BCUT2D eigenvalue weighted by molar-refractivity contribution is 6.32. The van der Waals surface area contributed by atoms with Gasteiger partial charge in [-0.05, 0) is 49.6 Å². The molecule has 0 aliphatic heterocycles. The Morgan fingerprint density at radius 3 is 2.48 bits per heavy atom. The quantitative estimate of drug-likeness (QED) is 0.458. The smallest absolute Gasteiger partial charge is 0.179 e. The van der Waals surface area contributed by atoms with Gasteiger partial charge in [-0.15, -0.1) is 0 Å². The van der Waals surface area contributed by atoms with Crippen LogP contribution in [-0.4, -0.2) is 13.2 Å². The zero-order valence-corrected chi connectivity index (χ0v) is 15.6. The molecule has 0 aromatic heterocycles. The maximum atomic E-state index is 9.52. The minimum atomic E-state index is 0.479. The fourth-order valence-electron chi connectivity index (χ4n) is 2.36. The molecule has 2 aromatic carbocycles. The van der Waals surface area contributed by atoms with Crippen LogP contribution in [0.1, 0.15) is 37.0 Å². The van der Waals surface area contributed by atoms with Crippen molar-refractivity contribution in [1.29, 1.82) is 5.26 Å². The monoisotopic (exact) mass is 355 g/mol. The van der Waals surface area contributed by atoms with Gasteiger partial charge in [-0.3, -0.25) is 0 Å². The Morgan fingerprint density at radius 1 is 1.16 bits per heavy atom. The standard InChI is InChI=1S/C21H22ClNO2/c1-4-10-25-21-19(22)12-16(13-20(21)24-5-2)11-18(14-23)17-8-6-15(3)7-9-17/h6-9,11-13H,4-5,10H2,1-3H3/b18-11+. The summed E-state index contributed by atoms with van der Waals surface area (Å²) in [6, 6.07) is 13.7. The summed E-state index contributed by atoms with van der Waals surface area (Å²) in [5, 5.41) is 9.99. The van der Waals surface area contributed by atoms with E-state index in [0.717, 1.165) is 23.1 Å². The number of nitriles is 1. The summed E-state index contributed by atoms with van der Waals surface area (Å²) in [7, 11) is 0. The number of aryl methyl sites for hydroxylation is 1. The highest BCUT2D eigenvalue weighted by Crippen LogP contribution is 2.37. The van der Waals surface area contributed by atoms with Crippen molar-refractivity contribution < 1.29 is 9.47 Å². The Labute approximate surface area is 154 Å². The van der Waals surface area contributed by atoms with Crippen molar-refractivity contribution in [3.05, 3.63) is 58.1 Å². The Bertz CT molecular complexity index is 789. The van der Waals surface area contributed by atoms with Crippen molar-refractivity contribution in [1.82, 2.24) is 0 Å². The lowest BCUT2D eigenvalue weighted by molar-refractivity contribution is 0.277. The van der Waals surface area contributed by atoms with Crippen LogP contribution >= 0.6 is 11.6 Å². The molecular formula is C21H22ClNO2. The highest BCUT2D eigenvalue weighted by Gasteiger charge is 2.12. The molecular weight excluding hydrogens is 334 g/mol. The van der Waals surface area contributed by atoms with E-state index in [-0.39, 0.29) is 0 Å². The molecule has 0 aliphatic carbocycles. The second kappa shape index (κ2) is 9.15. The molecule has 2 aromatic rings. The van der Waals surface area contributed by atoms with Crippen molar-refractivity contribution in [2.75, 3.05) is 13.2 Å². The lowest BCUT2D eigenvalue weighted by Gasteiger charge is -2.14. The largest absolute Gasteiger partial charge is 0.490 e. The fraction of sp³-hybridized carbons (Fsp3) is 0.286. The first-order valence-corrected chi connectivity index (χ1v) is 8.74. The summed E-state index contributed by atoms with van der Waals surface area (Å²) in [4.78, 5) is 0. The molecule has 0 fully saturated rings. The third kappa shape index (κ3) is 5.01. The number of benzene rings is 2. The third-order valence-corrected chi connectivity index (χ3v) is 3.86. The van der Waals surface area contributed by atoms with E-state index < -0.39 is 0 Å². The predicted octanol–water partition coefficient (Wildman–Crippen LogP) is 5.90.